The third kappa shape index (κ3) is 13.0. The molecule has 308 valence electrons. The first-order valence-electron chi connectivity index (χ1n) is 20.0. The second-order valence-corrected chi connectivity index (χ2v) is 16.1. The molecular formula is C40H58FN6O8P. The molecule has 0 saturated carbocycles. The Morgan fingerprint density at radius 3 is 2.18 bits per heavy atom. The van der Waals surface area contributed by atoms with Gasteiger partial charge in [-0.2, -0.15) is 15.6 Å². The highest BCUT2D eigenvalue weighted by molar-refractivity contribution is 7.47. The summed E-state index contributed by atoms with van der Waals surface area (Å²) in [6.45, 7) is 1.02. The Balaban J connectivity index is 1.23. The molecular weight excluding hydrogens is 742 g/mol. The van der Waals surface area contributed by atoms with Crippen molar-refractivity contribution in [2.45, 2.75) is 153 Å². The highest BCUT2D eigenvalue weighted by atomic mass is 31.2. The van der Waals surface area contributed by atoms with E-state index >= 15 is 0 Å². The monoisotopic (exact) mass is 800 g/mol. The van der Waals surface area contributed by atoms with Gasteiger partial charge in [-0.15, -0.1) is 0 Å². The second-order valence-electron chi connectivity index (χ2n) is 14.6. The number of anilines is 1. The van der Waals surface area contributed by atoms with Crippen LogP contribution in [0.5, 0.6) is 0 Å². The molecule has 0 amide bonds. The van der Waals surface area contributed by atoms with Gasteiger partial charge in [-0.25, -0.2) is 18.5 Å². The molecule has 1 saturated heterocycles. The van der Waals surface area contributed by atoms with Crippen LogP contribution in [-0.4, -0.2) is 67.3 Å². The fourth-order valence-corrected chi connectivity index (χ4v) is 7.77. The molecule has 2 aromatic heterocycles. The van der Waals surface area contributed by atoms with Crippen molar-refractivity contribution in [2.24, 2.45) is 0 Å². The molecule has 6 atom stereocenters. The SMILES string of the molecule is CCCCCCCCCCCCCCCCCC[C@H](COP(=O)(O)OC[C@H]1O[C@@](C#N)(c2ccc3c(N)ncnn23)[C@H](O)[C@@H]1O)OCc1ccc(C#N)cc1F. The van der Waals surface area contributed by atoms with Gasteiger partial charge >= 0.3 is 7.82 Å². The van der Waals surface area contributed by atoms with Gasteiger partial charge in [0.1, 0.15) is 42.0 Å². The minimum Gasteiger partial charge on any atom is -0.387 e. The number of phosphoric acid groups is 1. The molecule has 1 aromatic carbocycles. The van der Waals surface area contributed by atoms with Gasteiger partial charge in [0.2, 0.25) is 5.60 Å². The van der Waals surface area contributed by atoms with E-state index in [9.17, 15) is 29.3 Å². The normalized spacial score (nSPS) is 21.2. The summed E-state index contributed by atoms with van der Waals surface area (Å²) in [7, 11) is -4.78. The Labute approximate surface area is 329 Å². The maximum Gasteiger partial charge on any atom is 0.472 e. The van der Waals surface area contributed by atoms with E-state index in [2.05, 4.69) is 17.0 Å². The number of nitrogens with zero attached hydrogens (tertiary/aromatic N) is 5. The predicted octanol–water partition coefficient (Wildman–Crippen LogP) is 7.53. The third-order valence-electron chi connectivity index (χ3n) is 10.3. The lowest BCUT2D eigenvalue weighted by molar-refractivity contribution is -0.0658. The van der Waals surface area contributed by atoms with E-state index in [-0.39, 0.29) is 35.9 Å². The first-order valence-corrected chi connectivity index (χ1v) is 21.5. The first-order chi connectivity index (χ1) is 27.0. The number of nitrogens with two attached hydrogens (primary N) is 1. The highest BCUT2D eigenvalue weighted by Gasteiger charge is 2.58. The van der Waals surface area contributed by atoms with Gasteiger partial charge in [-0.3, -0.25) is 9.05 Å². The summed E-state index contributed by atoms with van der Waals surface area (Å²) in [5.41, 5.74) is 4.59. The molecule has 1 unspecified atom stereocenters. The van der Waals surface area contributed by atoms with Gasteiger partial charge in [0, 0.05) is 5.56 Å². The van der Waals surface area contributed by atoms with Crippen LogP contribution in [0.4, 0.5) is 10.2 Å². The molecule has 3 heterocycles. The molecule has 1 aliphatic heterocycles. The van der Waals surface area contributed by atoms with Gasteiger partial charge in [0.25, 0.3) is 0 Å². The van der Waals surface area contributed by atoms with Crippen molar-refractivity contribution in [1.29, 1.82) is 10.5 Å². The minimum absolute atomic E-state index is 0.0642. The zero-order chi connectivity index (χ0) is 40.4. The molecule has 3 aromatic rings. The number of ether oxygens (including phenoxy) is 2. The molecule has 0 spiro atoms. The molecule has 0 aliphatic carbocycles. The minimum atomic E-state index is -4.78. The standard InChI is InChI=1S/C40H58FN6O8P/c1-2-3-4-5-6-7-8-9-10-11-12-13-14-15-16-17-18-32(52-25-31-20-19-30(24-42)23-33(31)41)26-53-56(50,51)54-27-35-37(48)38(49)40(28-43,55-35)36-22-21-34-39(44)45-29-46-47(34)36/h19-23,29,32,35,37-38,48-49H,2-18,25-27H2,1H3,(H,50,51)(H2,44,45,46)/t32-,35-,37-,38-,40+/m1/s1. The van der Waals surface area contributed by atoms with Gasteiger partial charge < -0.3 is 30.3 Å². The van der Waals surface area contributed by atoms with E-state index in [1.807, 2.05) is 12.1 Å². The predicted molar refractivity (Wildman–Crippen MR) is 207 cm³/mol. The van der Waals surface area contributed by atoms with Crippen LogP contribution in [0.2, 0.25) is 0 Å². The third-order valence-corrected chi connectivity index (χ3v) is 11.3. The number of aliphatic hydroxyl groups is 2. The lowest BCUT2D eigenvalue weighted by Gasteiger charge is -2.24. The van der Waals surface area contributed by atoms with E-state index in [1.54, 1.807) is 0 Å². The summed E-state index contributed by atoms with van der Waals surface area (Å²) in [5, 5.41) is 45.1. The molecule has 5 N–H and O–H groups in total. The van der Waals surface area contributed by atoms with Crippen molar-refractivity contribution in [1.82, 2.24) is 14.6 Å². The number of fused-ring (bicyclic) bond motifs is 1. The quantitative estimate of drug-likeness (QED) is 0.0433. The van der Waals surface area contributed by atoms with Crippen LogP contribution in [0, 0.1) is 28.5 Å². The number of halogens is 1. The van der Waals surface area contributed by atoms with Gasteiger partial charge in [-0.1, -0.05) is 116 Å². The average Bonchev–Trinajstić information content (AvgIpc) is 3.74. The lowest BCUT2D eigenvalue weighted by Crippen LogP contribution is -2.41. The second kappa shape index (κ2) is 23.0. The Morgan fingerprint density at radius 2 is 1.59 bits per heavy atom. The van der Waals surface area contributed by atoms with E-state index in [0.717, 1.165) is 38.1 Å². The Bertz CT molecular complexity index is 1790. The van der Waals surface area contributed by atoms with Crippen molar-refractivity contribution in [2.75, 3.05) is 18.9 Å². The Hall–Kier alpha value is -3.50. The van der Waals surface area contributed by atoms with Gasteiger partial charge in [0.05, 0.1) is 43.3 Å². The fourth-order valence-electron chi connectivity index (χ4n) is 7.01. The number of phosphoric ester groups is 1. The summed E-state index contributed by atoms with van der Waals surface area (Å²) >= 11 is 0. The summed E-state index contributed by atoms with van der Waals surface area (Å²) in [5.74, 6) is -0.484. The van der Waals surface area contributed by atoms with E-state index in [4.69, 9.17) is 29.5 Å². The van der Waals surface area contributed by atoms with Gasteiger partial charge in [-0.05, 0) is 30.7 Å². The maximum absolute atomic E-state index is 14.6. The number of aliphatic hydroxyl groups excluding tert-OH is 2. The molecule has 16 heteroatoms. The summed E-state index contributed by atoms with van der Waals surface area (Å²) in [6.07, 6.45) is 15.6. The number of hydrogen-bond acceptors (Lipinski definition) is 12. The molecule has 56 heavy (non-hydrogen) atoms. The van der Waals surface area contributed by atoms with Crippen LogP contribution in [0.1, 0.15) is 133 Å². The van der Waals surface area contributed by atoms with Crippen molar-refractivity contribution < 1.29 is 42.6 Å². The van der Waals surface area contributed by atoms with E-state index < -0.39 is 50.3 Å². The summed E-state index contributed by atoms with van der Waals surface area (Å²) in [6, 6.07) is 10.8. The van der Waals surface area contributed by atoms with Crippen LogP contribution < -0.4 is 5.73 Å². The fraction of sp³-hybridized carbons (Fsp3) is 0.650. The molecule has 1 aliphatic rings. The van der Waals surface area contributed by atoms with Crippen LogP contribution >= 0.6 is 7.82 Å². The van der Waals surface area contributed by atoms with Crippen LogP contribution in [0.25, 0.3) is 5.52 Å². The molecule has 1 fully saturated rings. The van der Waals surface area contributed by atoms with Crippen LogP contribution in [0.15, 0.2) is 36.7 Å². The molecule has 0 radical (unpaired) electrons. The zero-order valence-electron chi connectivity index (χ0n) is 32.4. The average molecular weight is 801 g/mol. The molecule has 14 nitrogen and oxygen atoms in total. The van der Waals surface area contributed by atoms with E-state index in [0.29, 0.717) is 11.9 Å². The maximum atomic E-state index is 14.6. The van der Waals surface area contributed by atoms with Crippen molar-refractivity contribution >= 4 is 19.2 Å². The number of aromatic nitrogens is 3. The molecule has 0 bridgehead atoms. The van der Waals surface area contributed by atoms with Crippen molar-refractivity contribution in [3.05, 3.63) is 59.3 Å². The molecule has 4 rings (SSSR count). The number of hydrogen-bond donors (Lipinski definition) is 4. The summed E-state index contributed by atoms with van der Waals surface area (Å²) < 4.78 is 51.1. The Morgan fingerprint density at radius 1 is 0.964 bits per heavy atom. The number of rotatable bonds is 27. The number of nitriles is 2. The lowest BCUT2D eigenvalue weighted by atomic mass is 9.92. The van der Waals surface area contributed by atoms with Gasteiger partial charge in [0.15, 0.2) is 5.82 Å². The smallest absolute Gasteiger partial charge is 0.387 e. The van der Waals surface area contributed by atoms with Crippen LogP contribution in [-0.2, 0) is 35.3 Å². The number of nitrogen functional groups attached to an aromatic ring is 1. The van der Waals surface area contributed by atoms with Crippen molar-refractivity contribution in [3.63, 3.8) is 0 Å². The van der Waals surface area contributed by atoms with Crippen molar-refractivity contribution in [3.8, 4) is 12.1 Å². The summed E-state index contributed by atoms with van der Waals surface area (Å²) in [4.78, 5) is 14.5. The Kier molecular flexibility index (Phi) is 18.6. The first kappa shape index (κ1) is 45.2. The highest BCUT2D eigenvalue weighted by Crippen LogP contribution is 2.46. The zero-order valence-corrected chi connectivity index (χ0v) is 33.3. The van der Waals surface area contributed by atoms with Crippen LogP contribution in [0.3, 0.4) is 0 Å². The number of unbranched alkanes of at least 4 members (excludes halogenated alkanes) is 15. The topological polar surface area (TPSA) is 218 Å². The largest absolute Gasteiger partial charge is 0.472 e. The number of benzene rings is 1. The van der Waals surface area contributed by atoms with E-state index in [1.165, 1.54) is 106 Å².